The maximum Gasteiger partial charge on any atom is 0.131 e. The van der Waals surface area contributed by atoms with Gasteiger partial charge in [0.05, 0.1) is 23.2 Å². The summed E-state index contributed by atoms with van der Waals surface area (Å²) < 4.78 is 13.5. The summed E-state index contributed by atoms with van der Waals surface area (Å²) in [6.45, 7) is 0. The first-order chi connectivity index (χ1) is 8.22. The second kappa shape index (κ2) is 4.94. The van der Waals surface area contributed by atoms with Gasteiger partial charge in [-0.15, -0.1) is 0 Å². The summed E-state index contributed by atoms with van der Waals surface area (Å²) in [6.07, 6.45) is 1.67. The normalized spacial score (nSPS) is 9.94. The van der Waals surface area contributed by atoms with Crippen molar-refractivity contribution in [2.75, 3.05) is 0 Å². The summed E-state index contributed by atoms with van der Waals surface area (Å²) in [5.74, 6) is -0.321. The molecule has 0 saturated heterocycles. The Labute approximate surface area is 103 Å². The van der Waals surface area contributed by atoms with Crippen molar-refractivity contribution in [3.05, 3.63) is 53.1 Å². The molecule has 0 radical (unpaired) electrons. The zero-order valence-corrected chi connectivity index (χ0v) is 9.58. The van der Waals surface area contributed by atoms with Crippen molar-refractivity contribution in [2.45, 2.75) is 6.42 Å². The molecule has 1 aromatic heterocycles. The van der Waals surface area contributed by atoms with E-state index in [1.807, 2.05) is 6.07 Å². The first-order valence-corrected chi connectivity index (χ1v) is 5.36. The Hall–Kier alpha value is -1.92. The van der Waals surface area contributed by atoms with Gasteiger partial charge in [-0.25, -0.2) is 4.39 Å². The molecule has 0 aliphatic rings. The summed E-state index contributed by atoms with van der Waals surface area (Å²) in [4.78, 5) is 4.06. The second-order valence-electron chi connectivity index (χ2n) is 3.47. The molecule has 0 bridgehead atoms. The van der Waals surface area contributed by atoms with E-state index in [4.69, 9.17) is 16.9 Å². The number of halogens is 2. The number of nitrogens with zero attached hydrogens (tertiary/aromatic N) is 2. The van der Waals surface area contributed by atoms with Crippen LogP contribution >= 0.6 is 11.6 Å². The summed E-state index contributed by atoms with van der Waals surface area (Å²) in [5, 5.41) is 8.95. The smallest absolute Gasteiger partial charge is 0.131 e. The maximum atomic E-state index is 13.5. The quantitative estimate of drug-likeness (QED) is 0.812. The van der Waals surface area contributed by atoms with Crippen LogP contribution in [0.5, 0.6) is 0 Å². The van der Waals surface area contributed by atoms with E-state index in [2.05, 4.69) is 4.98 Å². The standard InChI is InChI=1S/C13H8ClFN2/c14-11-7-9(8-17-13(11)5-6-16)10-3-1-2-4-12(10)15/h1-4,7-8H,5H2. The molecule has 2 rings (SSSR count). The zero-order valence-electron chi connectivity index (χ0n) is 8.82. The third-order valence-corrected chi connectivity index (χ3v) is 2.68. The summed E-state index contributed by atoms with van der Waals surface area (Å²) in [6, 6.07) is 10.0. The first-order valence-electron chi connectivity index (χ1n) is 4.98. The van der Waals surface area contributed by atoms with Gasteiger partial charge < -0.3 is 0 Å². The third kappa shape index (κ3) is 2.43. The largest absolute Gasteiger partial charge is 0.258 e. The lowest BCUT2D eigenvalue weighted by molar-refractivity contribution is 0.631. The fourth-order valence-electron chi connectivity index (χ4n) is 1.51. The SMILES string of the molecule is N#CCc1ncc(-c2ccccc2F)cc1Cl. The summed E-state index contributed by atoms with van der Waals surface area (Å²) in [7, 11) is 0. The van der Waals surface area contributed by atoms with Crippen LogP contribution in [0.1, 0.15) is 5.69 Å². The molecule has 0 saturated carbocycles. The fraction of sp³-hybridized carbons (Fsp3) is 0.0769. The van der Waals surface area contributed by atoms with Crippen molar-refractivity contribution >= 4 is 11.6 Å². The Morgan fingerprint density at radius 1 is 1.35 bits per heavy atom. The van der Waals surface area contributed by atoms with Gasteiger partial charge >= 0.3 is 0 Å². The van der Waals surface area contributed by atoms with E-state index >= 15 is 0 Å². The second-order valence-corrected chi connectivity index (χ2v) is 3.87. The zero-order chi connectivity index (χ0) is 12.3. The molecule has 0 spiro atoms. The number of benzene rings is 1. The van der Waals surface area contributed by atoms with Gasteiger partial charge in [-0.2, -0.15) is 5.26 Å². The number of nitriles is 1. The molecule has 0 aliphatic heterocycles. The minimum absolute atomic E-state index is 0.149. The van der Waals surface area contributed by atoms with Crippen molar-refractivity contribution in [2.24, 2.45) is 0 Å². The van der Waals surface area contributed by atoms with Crippen LogP contribution in [-0.2, 0) is 6.42 Å². The van der Waals surface area contributed by atoms with Crippen molar-refractivity contribution in [1.29, 1.82) is 5.26 Å². The molecule has 84 valence electrons. The highest BCUT2D eigenvalue weighted by Crippen LogP contribution is 2.26. The molecule has 0 aliphatic carbocycles. The van der Waals surface area contributed by atoms with Crippen LogP contribution in [0, 0.1) is 17.1 Å². The van der Waals surface area contributed by atoms with Crippen molar-refractivity contribution < 1.29 is 4.39 Å². The highest BCUT2D eigenvalue weighted by molar-refractivity contribution is 6.31. The first kappa shape index (κ1) is 11.6. The third-order valence-electron chi connectivity index (χ3n) is 2.35. The molecule has 2 nitrogen and oxygen atoms in total. The summed E-state index contributed by atoms with van der Waals surface area (Å²) >= 11 is 5.97. The molecular weight excluding hydrogens is 239 g/mol. The Balaban J connectivity index is 2.46. The minimum Gasteiger partial charge on any atom is -0.258 e. The number of rotatable bonds is 2. The lowest BCUT2D eigenvalue weighted by Gasteiger charge is -2.05. The van der Waals surface area contributed by atoms with E-state index in [1.165, 1.54) is 12.3 Å². The Kier molecular flexibility index (Phi) is 3.36. The summed E-state index contributed by atoms with van der Waals surface area (Å²) in [5.41, 5.74) is 1.56. The van der Waals surface area contributed by atoms with Crippen LogP contribution in [0.3, 0.4) is 0 Å². The van der Waals surface area contributed by atoms with E-state index in [-0.39, 0.29) is 12.2 Å². The molecule has 0 fully saturated rings. The minimum atomic E-state index is -0.321. The van der Waals surface area contributed by atoms with Gasteiger partial charge in [-0.3, -0.25) is 4.98 Å². The molecular formula is C13H8ClFN2. The topological polar surface area (TPSA) is 36.7 Å². The molecule has 4 heteroatoms. The van der Waals surface area contributed by atoms with Gasteiger partial charge in [0.2, 0.25) is 0 Å². The predicted octanol–water partition coefficient (Wildman–Crippen LogP) is 3.61. The van der Waals surface area contributed by atoms with Crippen molar-refractivity contribution in [3.63, 3.8) is 0 Å². The highest BCUT2D eigenvalue weighted by Gasteiger charge is 2.08. The van der Waals surface area contributed by atoms with Crippen LogP contribution in [0.2, 0.25) is 5.02 Å². The molecule has 0 unspecified atom stereocenters. The molecule has 17 heavy (non-hydrogen) atoms. The van der Waals surface area contributed by atoms with Crippen molar-refractivity contribution in [3.8, 4) is 17.2 Å². The van der Waals surface area contributed by atoms with Gasteiger partial charge in [0, 0.05) is 17.3 Å². The fourth-order valence-corrected chi connectivity index (χ4v) is 1.75. The van der Waals surface area contributed by atoms with Gasteiger partial charge in [-0.1, -0.05) is 29.8 Å². The molecule has 0 amide bonds. The van der Waals surface area contributed by atoms with Gasteiger partial charge in [0.1, 0.15) is 5.82 Å². The van der Waals surface area contributed by atoms with Gasteiger partial charge in [0.25, 0.3) is 0 Å². The monoisotopic (exact) mass is 246 g/mol. The maximum absolute atomic E-state index is 13.5. The molecule has 2 aromatic rings. The van der Waals surface area contributed by atoms with Crippen LogP contribution < -0.4 is 0 Å². The van der Waals surface area contributed by atoms with Gasteiger partial charge in [-0.05, 0) is 12.1 Å². The van der Waals surface area contributed by atoms with Crippen LogP contribution in [0.25, 0.3) is 11.1 Å². The predicted molar refractivity (Wildman–Crippen MR) is 64.0 cm³/mol. The number of hydrogen-bond acceptors (Lipinski definition) is 2. The van der Waals surface area contributed by atoms with Crippen LogP contribution in [0.4, 0.5) is 4.39 Å². The molecule has 0 atom stereocenters. The number of hydrogen-bond donors (Lipinski definition) is 0. The van der Waals surface area contributed by atoms with Crippen molar-refractivity contribution in [1.82, 2.24) is 4.98 Å². The van der Waals surface area contributed by atoms with E-state index < -0.39 is 0 Å². The number of aromatic nitrogens is 1. The Morgan fingerprint density at radius 2 is 2.12 bits per heavy atom. The van der Waals surface area contributed by atoms with Crippen LogP contribution in [0.15, 0.2) is 36.5 Å². The molecule has 0 N–H and O–H groups in total. The molecule has 1 aromatic carbocycles. The number of pyridine rings is 1. The molecule has 1 heterocycles. The van der Waals surface area contributed by atoms with Gasteiger partial charge in [0.15, 0.2) is 0 Å². The lowest BCUT2D eigenvalue weighted by Crippen LogP contribution is -1.92. The van der Waals surface area contributed by atoms with E-state index in [9.17, 15) is 4.39 Å². The Bertz CT molecular complexity index is 590. The highest BCUT2D eigenvalue weighted by atomic mass is 35.5. The average Bonchev–Trinajstić information content (AvgIpc) is 2.33. The van der Waals surface area contributed by atoms with E-state index in [0.717, 1.165) is 0 Å². The van der Waals surface area contributed by atoms with E-state index in [0.29, 0.717) is 21.8 Å². The average molecular weight is 247 g/mol. The Morgan fingerprint density at radius 3 is 2.76 bits per heavy atom. The van der Waals surface area contributed by atoms with Crippen LogP contribution in [-0.4, -0.2) is 4.98 Å². The van der Waals surface area contributed by atoms with E-state index in [1.54, 1.807) is 24.3 Å². The lowest BCUT2D eigenvalue weighted by atomic mass is 10.1.